The molecule has 0 aliphatic carbocycles. The molecule has 3 nitrogen and oxygen atoms in total. The number of nitrogens with zero attached hydrogens (tertiary/aromatic N) is 1. The van der Waals surface area contributed by atoms with Gasteiger partial charge in [-0.05, 0) is 32.0 Å². The normalized spacial score (nSPS) is 12.3. The van der Waals surface area contributed by atoms with E-state index in [1.165, 1.54) is 17.0 Å². The fraction of sp³-hybridized carbons (Fsp3) is 0.364. The minimum Gasteiger partial charge on any atom is -0.320 e. The summed E-state index contributed by atoms with van der Waals surface area (Å²) in [7, 11) is 0. The molecule has 1 atom stereocenters. The SMILES string of the molecule is CCN(C(=O)[C@H](C)N)c1cccc(F)c1. The van der Waals surface area contributed by atoms with E-state index in [0.29, 0.717) is 12.2 Å². The Balaban J connectivity index is 2.97. The summed E-state index contributed by atoms with van der Waals surface area (Å²) in [4.78, 5) is 13.1. The van der Waals surface area contributed by atoms with Crippen molar-refractivity contribution >= 4 is 11.6 Å². The van der Waals surface area contributed by atoms with Crippen molar-refractivity contribution in [3.05, 3.63) is 30.1 Å². The highest BCUT2D eigenvalue weighted by Gasteiger charge is 2.17. The second kappa shape index (κ2) is 4.89. The molecule has 2 N–H and O–H groups in total. The predicted octanol–water partition coefficient (Wildman–Crippen LogP) is 1.53. The first-order chi connectivity index (χ1) is 7.06. The quantitative estimate of drug-likeness (QED) is 0.822. The zero-order valence-corrected chi connectivity index (χ0v) is 8.90. The smallest absolute Gasteiger partial charge is 0.243 e. The van der Waals surface area contributed by atoms with Crippen LogP contribution in [0.5, 0.6) is 0 Å². The van der Waals surface area contributed by atoms with Gasteiger partial charge in [0.1, 0.15) is 5.82 Å². The molecule has 0 aliphatic heterocycles. The van der Waals surface area contributed by atoms with Crippen LogP contribution in [0.4, 0.5) is 10.1 Å². The molecule has 0 bridgehead atoms. The maximum absolute atomic E-state index is 13.0. The number of anilines is 1. The van der Waals surface area contributed by atoms with Gasteiger partial charge in [-0.1, -0.05) is 6.07 Å². The van der Waals surface area contributed by atoms with E-state index in [9.17, 15) is 9.18 Å². The van der Waals surface area contributed by atoms with Gasteiger partial charge in [0.05, 0.1) is 6.04 Å². The lowest BCUT2D eigenvalue weighted by Gasteiger charge is -2.22. The Morgan fingerprint density at radius 3 is 2.73 bits per heavy atom. The van der Waals surface area contributed by atoms with Gasteiger partial charge in [-0.25, -0.2) is 4.39 Å². The number of hydrogen-bond donors (Lipinski definition) is 1. The van der Waals surface area contributed by atoms with Gasteiger partial charge in [0.15, 0.2) is 0 Å². The van der Waals surface area contributed by atoms with Crippen LogP contribution in [-0.4, -0.2) is 18.5 Å². The number of carbonyl (C=O) groups excluding carboxylic acids is 1. The standard InChI is InChI=1S/C11H15FN2O/c1-3-14(11(15)8(2)13)10-6-4-5-9(12)7-10/h4-8H,3,13H2,1-2H3/t8-/m0/s1. The summed E-state index contributed by atoms with van der Waals surface area (Å²) in [5.41, 5.74) is 6.04. The van der Waals surface area contributed by atoms with E-state index in [2.05, 4.69) is 0 Å². The van der Waals surface area contributed by atoms with Crippen LogP contribution in [0.25, 0.3) is 0 Å². The number of hydrogen-bond acceptors (Lipinski definition) is 2. The fourth-order valence-corrected chi connectivity index (χ4v) is 1.36. The fourth-order valence-electron chi connectivity index (χ4n) is 1.36. The van der Waals surface area contributed by atoms with Crippen LogP contribution in [0.2, 0.25) is 0 Å². The number of benzene rings is 1. The molecular formula is C11H15FN2O. The highest BCUT2D eigenvalue weighted by atomic mass is 19.1. The number of amides is 1. The average Bonchev–Trinajstić information content (AvgIpc) is 2.18. The Morgan fingerprint density at radius 2 is 2.27 bits per heavy atom. The summed E-state index contributed by atoms with van der Waals surface area (Å²) in [6, 6.07) is 5.35. The van der Waals surface area contributed by atoms with Crippen LogP contribution in [0.1, 0.15) is 13.8 Å². The van der Waals surface area contributed by atoms with Crippen LogP contribution in [0.3, 0.4) is 0 Å². The van der Waals surface area contributed by atoms with Gasteiger partial charge in [0.25, 0.3) is 0 Å². The molecule has 4 heteroatoms. The Bertz CT molecular complexity index is 352. The highest BCUT2D eigenvalue weighted by Crippen LogP contribution is 2.15. The first-order valence-electron chi connectivity index (χ1n) is 4.88. The van der Waals surface area contributed by atoms with Crippen LogP contribution in [-0.2, 0) is 4.79 Å². The zero-order valence-electron chi connectivity index (χ0n) is 8.90. The molecule has 1 amide bonds. The Kier molecular flexibility index (Phi) is 3.80. The second-order valence-corrected chi connectivity index (χ2v) is 3.35. The molecule has 0 saturated heterocycles. The van der Waals surface area contributed by atoms with Crippen LogP contribution < -0.4 is 10.6 Å². The van der Waals surface area contributed by atoms with E-state index in [4.69, 9.17) is 5.73 Å². The van der Waals surface area contributed by atoms with Crippen molar-refractivity contribution in [2.45, 2.75) is 19.9 Å². The van der Waals surface area contributed by atoms with Gasteiger partial charge in [-0.2, -0.15) is 0 Å². The van der Waals surface area contributed by atoms with E-state index in [1.54, 1.807) is 19.1 Å². The number of halogens is 1. The van der Waals surface area contributed by atoms with Gasteiger partial charge in [-0.3, -0.25) is 4.79 Å². The highest BCUT2D eigenvalue weighted by molar-refractivity contribution is 5.96. The summed E-state index contributed by atoms with van der Waals surface area (Å²) in [6.07, 6.45) is 0. The third-order valence-electron chi connectivity index (χ3n) is 2.09. The molecule has 0 spiro atoms. The first-order valence-corrected chi connectivity index (χ1v) is 4.88. The van der Waals surface area contributed by atoms with Crippen molar-refractivity contribution in [1.29, 1.82) is 0 Å². The Hall–Kier alpha value is -1.42. The number of rotatable bonds is 3. The molecule has 15 heavy (non-hydrogen) atoms. The number of nitrogens with two attached hydrogens (primary N) is 1. The largest absolute Gasteiger partial charge is 0.320 e. The Morgan fingerprint density at radius 1 is 1.60 bits per heavy atom. The lowest BCUT2D eigenvalue weighted by Crippen LogP contribution is -2.42. The van der Waals surface area contributed by atoms with E-state index in [-0.39, 0.29) is 11.7 Å². The maximum Gasteiger partial charge on any atom is 0.243 e. The third-order valence-corrected chi connectivity index (χ3v) is 2.09. The predicted molar refractivity (Wildman–Crippen MR) is 58.1 cm³/mol. The molecule has 1 rings (SSSR count). The van der Waals surface area contributed by atoms with Crippen LogP contribution >= 0.6 is 0 Å². The van der Waals surface area contributed by atoms with Crippen molar-refractivity contribution in [3.63, 3.8) is 0 Å². The summed E-state index contributed by atoms with van der Waals surface area (Å²) in [6.45, 7) is 3.92. The molecule has 0 aromatic heterocycles. The van der Waals surface area contributed by atoms with Crippen LogP contribution in [0.15, 0.2) is 24.3 Å². The topological polar surface area (TPSA) is 46.3 Å². The molecule has 0 unspecified atom stereocenters. The van der Waals surface area contributed by atoms with Gasteiger partial charge in [0, 0.05) is 12.2 Å². The summed E-state index contributed by atoms with van der Waals surface area (Å²) < 4.78 is 13.0. The average molecular weight is 210 g/mol. The molecule has 1 aromatic rings. The van der Waals surface area contributed by atoms with E-state index >= 15 is 0 Å². The van der Waals surface area contributed by atoms with Gasteiger partial charge >= 0.3 is 0 Å². The minimum atomic E-state index is -0.576. The van der Waals surface area contributed by atoms with E-state index < -0.39 is 6.04 Å². The molecule has 82 valence electrons. The monoisotopic (exact) mass is 210 g/mol. The molecule has 0 saturated carbocycles. The molecular weight excluding hydrogens is 195 g/mol. The van der Waals surface area contributed by atoms with Crippen molar-refractivity contribution in [1.82, 2.24) is 0 Å². The minimum absolute atomic E-state index is 0.205. The first kappa shape index (κ1) is 11.7. The zero-order chi connectivity index (χ0) is 11.4. The van der Waals surface area contributed by atoms with Gasteiger partial charge < -0.3 is 10.6 Å². The van der Waals surface area contributed by atoms with Crippen molar-refractivity contribution in [3.8, 4) is 0 Å². The molecule has 0 radical (unpaired) electrons. The number of carbonyl (C=O) groups is 1. The lowest BCUT2D eigenvalue weighted by molar-refractivity contribution is -0.119. The summed E-state index contributed by atoms with van der Waals surface area (Å²) >= 11 is 0. The molecule has 1 aromatic carbocycles. The molecule has 0 heterocycles. The summed E-state index contributed by atoms with van der Waals surface area (Å²) in [5.74, 6) is -0.563. The lowest BCUT2D eigenvalue weighted by atomic mass is 10.2. The van der Waals surface area contributed by atoms with Crippen molar-refractivity contribution in [2.75, 3.05) is 11.4 Å². The van der Waals surface area contributed by atoms with Crippen molar-refractivity contribution < 1.29 is 9.18 Å². The van der Waals surface area contributed by atoms with E-state index in [1.807, 2.05) is 6.92 Å². The Labute approximate surface area is 88.7 Å². The maximum atomic E-state index is 13.0. The molecule has 0 aliphatic rings. The van der Waals surface area contributed by atoms with Crippen molar-refractivity contribution in [2.24, 2.45) is 5.73 Å². The van der Waals surface area contributed by atoms with Gasteiger partial charge in [0.2, 0.25) is 5.91 Å². The van der Waals surface area contributed by atoms with Gasteiger partial charge in [-0.15, -0.1) is 0 Å². The summed E-state index contributed by atoms with van der Waals surface area (Å²) in [5, 5.41) is 0. The molecule has 0 fully saturated rings. The van der Waals surface area contributed by atoms with Crippen LogP contribution in [0, 0.1) is 5.82 Å². The second-order valence-electron chi connectivity index (χ2n) is 3.35. The van der Waals surface area contributed by atoms with E-state index in [0.717, 1.165) is 0 Å². The number of likely N-dealkylation sites (N-methyl/N-ethyl adjacent to an activating group) is 1. The third kappa shape index (κ3) is 2.76.